The average Bonchev–Trinajstić information content (AvgIpc) is 2.85. The van der Waals surface area contributed by atoms with E-state index in [1.165, 1.54) is 24.0 Å². The maximum absolute atomic E-state index is 12.0. The van der Waals surface area contributed by atoms with E-state index in [1.54, 1.807) is 0 Å². The van der Waals surface area contributed by atoms with Crippen LogP contribution in [0.2, 0.25) is 0 Å². The highest BCUT2D eigenvalue weighted by Crippen LogP contribution is 2.54. The van der Waals surface area contributed by atoms with E-state index in [2.05, 4.69) is 60.8 Å². The molecule has 0 amide bonds. The predicted octanol–water partition coefficient (Wildman–Crippen LogP) is 5.09. The molecule has 2 fully saturated rings. The number of fused-ring (bicyclic) bond motifs is 1. The van der Waals surface area contributed by atoms with Crippen molar-refractivity contribution in [2.75, 3.05) is 13.1 Å². The average molecular weight is 366 g/mol. The molecule has 4 atom stereocenters. The molecule has 4 rings (SSSR count). The van der Waals surface area contributed by atoms with E-state index in [1.807, 2.05) is 19.9 Å². The molecule has 2 heteroatoms. The first-order valence-corrected chi connectivity index (χ1v) is 10.7. The van der Waals surface area contributed by atoms with Crippen LogP contribution in [-0.4, -0.2) is 18.2 Å². The molecule has 27 heavy (non-hydrogen) atoms. The summed E-state index contributed by atoms with van der Waals surface area (Å²) in [5.74, 6) is 1.79. The van der Waals surface area contributed by atoms with E-state index in [-0.39, 0.29) is 0 Å². The fourth-order valence-electron chi connectivity index (χ4n) is 5.08. The molecule has 0 spiro atoms. The molecular weight excluding hydrogens is 330 g/mol. The SMILES string of the molecule is CC.Cc1cccc(C(O)(Cc2ccccc2)C2CC3CCNCCC32)c1. The van der Waals surface area contributed by atoms with Gasteiger partial charge >= 0.3 is 0 Å². The van der Waals surface area contributed by atoms with Crippen molar-refractivity contribution in [3.8, 4) is 0 Å². The first-order valence-electron chi connectivity index (χ1n) is 10.7. The van der Waals surface area contributed by atoms with Crippen LogP contribution in [0.15, 0.2) is 54.6 Å². The van der Waals surface area contributed by atoms with Crippen molar-refractivity contribution in [1.82, 2.24) is 5.32 Å². The Morgan fingerprint density at radius 2 is 1.74 bits per heavy atom. The minimum Gasteiger partial charge on any atom is -0.385 e. The van der Waals surface area contributed by atoms with Gasteiger partial charge in [-0.2, -0.15) is 0 Å². The second-order valence-corrected chi connectivity index (χ2v) is 8.05. The van der Waals surface area contributed by atoms with Crippen molar-refractivity contribution in [2.45, 2.75) is 52.1 Å². The van der Waals surface area contributed by atoms with Crippen LogP contribution in [-0.2, 0) is 12.0 Å². The molecule has 2 nitrogen and oxygen atoms in total. The molecule has 1 aliphatic carbocycles. The molecule has 0 aromatic heterocycles. The maximum Gasteiger partial charge on any atom is 0.0967 e. The van der Waals surface area contributed by atoms with Gasteiger partial charge in [0.05, 0.1) is 5.60 Å². The second-order valence-electron chi connectivity index (χ2n) is 8.05. The van der Waals surface area contributed by atoms with Gasteiger partial charge in [-0.3, -0.25) is 0 Å². The second kappa shape index (κ2) is 9.03. The van der Waals surface area contributed by atoms with Gasteiger partial charge in [-0.15, -0.1) is 0 Å². The number of hydrogen-bond donors (Lipinski definition) is 2. The van der Waals surface area contributed by atoms with Crippen molar-refractivity contribution in [3.63, 3.8) is 0 Å². The number of aryl methyl sites for hydroxylation is 1. The largest absolute Gasteiger partial charge is 0.385 e. The van der Waals surface area contributed by atoms with E-state index in [4.69, 9.17) is 0 Å². The summed E-state index contributed by atoms with van der Waals surface area (Å²) < 4.78 is 0. The fraction of sp³-hybridized carbons (Fsp3) is 0.520. The molecule has 146 valence electrons. The molecule has 1 saturated carbocycles. The van der Waals surface area contributed by atoms with Gasteiger partial charge in [-0.25, -0.2) is 0 Å². The van der Waals surface area contributed by atoms with Gasteiger partial charge in [0.15, 0.2) is 0 Å². The number of rotatable bonds is 4. The summed E-state index contributed by atoms with van der Waals surface area (Å²) in [7, 11) is 0. The van der Waals surface area contributed by atoms with E-state index in [0.717, 1.165) is 31.0 Å². The van der Waals surface area contributed by atoms with Crippen molar-refractivity contribution >= 4 is 0 Å². The normalized spacial score (nSPS) is 26.4. The Labute approximate surface area is 165 Å². The van der Waals surface area contributed by atoms with Crippen LogP contribution in [0.1, 0.15) is 49.8 Å². The molecule has 2 N–H and O–H groups in total. The highest BCUT2D eigenvalue weighted by molar-refractivity contribution is 5.32. The van der Waals surface area contributed by atoms with Gasteiger partial charge in [0.25, 0.3) is 0 Å². The van der Waals surface area contributed by atoms with E-state index in [0.29, 0.717) is 18.3 Å². The number of nitrogens with one attached hydrogen (secondary N) is 1. The summed E-state index contributed by atoms with van der Waals surface area (Å²) in [6, 6.07) is 19.0. The van der Waals surface area contributed by atoms with Crippen molar-refractivity contribution in [3.05, 3.63) is 71.3 Å². The zero-order chi connectivity index (χ0) is 19.3. The number of hydrogen-bond acceptors (Lipinski definition) is 2. The molecule has 1 aliphatic heterocycles. The molecule has 1 saturated heterocycles. The lowest BCUT2D eigenvalue weighted by molar-refractivity contribution is -0.119. The monoisotopic (exact) mass is 365 g/mol. The summed E-state index contributed by atoms with van der Waals surface area (Å²) in [5.41, 5.74) is 2.78. The lowest BCUT2D eigenvalue weighted by Gasteiger charge is -2.52. The van der Waals surface area contributed by atoms with Gasteiger partial charge in [-0.1, -0.05) is 74.0 Å². The lowest BCUT2D eigenvalue weighted by atomic mass is 9.54. The highest BCUT2D eigenvalue weighted by atomic mass is 16.3. The number of aliphatic hydroxyl groups is 1. The Balaban J connectivity index is 0.00000102. The molecule has 4 unspecified atom stereocenters. The summed E-state index contributed by atoms with van der Waals surface area (Å²) in [6.45, 7) is 8.34. The van der Waals surface area contributed by atoms with Gasteiger partial charge in [0, 0.05) is 6.42 Å². The predicted molar refractivity (Wildman–Crippen MR) is 114 cm³/mol. The van der Waals surface area contributed by atoms with Crippen LogP contribution in [0.3, 0.4) is 0 Å². The molecule has 2 aromatic carbocycles. The fourth-order valence-corrected chi connectivity index (χ4v) is 5.08. The highest BCUT2D eigenvalue weighted by Gasteiger charge is 2.52. The summed E-state index contributed by atoms with van der Waals surface area (Å²) in [4.78, 5) is 0. The van der Waals surface area contributed by atoms with Gasteiger partial charge in [0.2, 0.25) is 0 Å². The minimum atomic E-state index is -0.765. The summed E-state index contributed by atoms with van der Waals surface area (Å²) in [6.07, 6.45) is 4.32. The third-order valence-corrected chi connectivity index (χ3v) is 6.47. The van der Waals surface area contributed by atoms with Crippen LogP contribution < -0.4 is 5.32 Å². The smallest absolute Gasteiger partial charge is 0.0967 e. The minimum absolute atomic E-state index is 0.361. The molecule has 1 heterocycles. The topological polar surface area (TPSA) is 32.3 Å². The van der Waals surface area contributed by atoms with Crippen LogP contribution in [0.25, 0.3) is 0 Å². The maximum atomic E-state index is 12.0. The van der Waals surface area contributed by atoms with E-state index < -0.39 is 5.60 Å². The molecule has 2 aromatic rings. The van der Waals surface area contributed by atoms with E-state index >= 15 is 0 Å². The van der Waals surface area contributed by atoms with Crippen LogP contribution in [0, 0.1) is 24.7 Å². The summed E-state index contributed by atoms with van der Waals surface area (Å²) >= 11 is 0. The van der Waals surface area contributed by atoms with Crippen LogP contribution in [0.5, 0.6) is 0 Å². The van der Waals surface area contributed by atoms with Gasteiger partial charge < -0.3 is 10.4 Å². The van der Waals surface area contributed by atoms with Gasteiger partial charge in [-0.05, 0) is 68.2 Å². The van der Waals surface area contributed by atoms with Crippen LogP contribution >= 0.6 is 0 Å². The zero-order valence-corrected chi connectivity index (χ0v) is 17.1. The third kappa shape index (κ3) is 4.28. The number of benzene rings is 2. The van der Waals surface area contributed by atoms with Crippen molar-refractivity contribution in [2.24, 2.45) is 17.8 Å². The third-order valence-electron chi connectivity index (χ3n) is 6.47. The van der Waals surface area contributed by atoms with E-state index in [9.17, 15) is 5.11 Å². The van der Waals surface area contributed by atoms with Gasteiger partial charge in [0.1, 0.15) is 0 Å². The lowest BCUT2D eigenvalue weighted by Crippen LogP contribution is -2.51. The quantitative estimate of drug-likeness (QED) is 0.791. The first kappa shape index (κ1) is 20.1. The zero-order valence-electron chi connectivity index (χ0n) is 17.1. The standard InChI is InChI=1S/C23H29NO.C2H6/c1-17-6-5-9-20(14-17)23(25,16-18-7-3-2-4-8-18)22-15-19-10-12-24-13-11-21(19)22;1-2/h2-9,14,19,21-22,24-25H,10-13,15-16H2,1H3;1-2H3. The van der Waals surface area contributed by atoms with Crippen molar-refractivity contribution in [1.29, 1.82) is 0 Å². The first-order chi connectivity index (χ1) is 13.2. The van der Waals surface area contributed by atoms with Crippen LogP contribution in [0.4, 0.5) is 0 Å². The van der Waals surface area contributed by atoms with Crippen molar-refractivity contribution < 1.29 is 5.11 Å². The Kier molecular flexibility index (Phi) is 6.73. The Morgan fingerprint density at radius 3 is 2.48 bits per heavy atom. The molecule has 0 bridgehead atoms. The Hall–Kier alpha value is -1.64. The molecule has 0 radical (unpaired) electrons. The Bertz CT molecular complexity index is 713. The summed E-state index contributed by atoms with van der Waals surface area (Å²) in [5, 5.41) is 15.5. The Morgan fingerprint density at radius 1 is 1.00 bits per heavy atom. The molecule has 2 aliphatic rings. The molecular formula is C25H35NO.